The summed E-state index contributed by atoms with van der Waals surface area (Å²) in [6, 6.07) is 13.5. The Bertz CT molecular complexity index is 1220. The van der Waals surface area contributed by atoms with Gasteiger partial charge in [-0.15, -0.1) is 22.7 Å². The molecule has 0 radical (unpaired) electrons. The standard InChI is InChI=1S/C21H13F2N3O2S2/c22-15-7-6-12(10-16(15)23)17-11-30-21(25-17)26-19(27)13-3-1-4-14(9-13)24-20(28)18-5-2-8-29-18/h1-11H,(H,24,28)(H,25,26,27). The van der Waals surface area contributed by atoms with E-state index in [9.17, 15) is 18.4 Å². The van der Waals surface area contributed by atoms with Crippen molar-refractivity contribution >= 4 is 45.3 Å². The Morgan fingerprint density at radius 3 is 2.50 bits per heavy atom. The molecule has 4 aromatic rings. The number of carbonyl (C=O) groups excluding carboxylic acids is 2. The first-order valence-corrected chi connectivity index (χ1v) is 10.4. The summed E-state index contributed by atoms with van der Waals surface area (Å²) in [5.74, 6) is -2.56. The lowest BCUT2D eigenvalue weighted by molar-refractivity contribution is 0.101. The van der Waals surface area contributed by atoms with E-state index in [4.69, 9.17) is 0 Å². The molecule has 2 heterocycles. The van der Waals surface area contributed by atoms with Crippen LogP contribution in [0, 0.1) is 11.6 Å². The maximum absolute atomic E-state index is 13.4. The fourth-order valence-corrected chi connectivity index (χ4v) is 3.96. The summed E-state index contributed by atoms with van der Waals surface area (Å²) in [6.07, 6.45) is 0. The Morgan fingerprint density at radius 1 is 0.867 bits per heavy atom. The summed E-state index contributed by atoms with van der Waals surface area (Å²) in [7, 11) is 0. The number of thiophene rings is 1. The third kappa shape index (κ3) is 4.42. The van der Waals surface area contributed by atoms with Crippen LogP contribution in [0.3, 0.4) is 0 Å². The minimum atomic E-state index is -0.965. The third-order valence-corrected chi connectivity index (χ3v) is 5.69. The largest absolute Gasteiger partial charge is 0.321 e. The lowest BCUT2D eigenvalue weighted by Gasteiger charge is -2.06. The highest BCUT2D eigenvalue weighted by atomic mass is 32.1. The van der Waals surface area contributed by atoms with E-state index in [-0.39, 0.29) is 5.91 Å². The molecule has 2 aromatic heterocycles. The minimum absolute atomic E-state index is 0.251. The lowest BCUT2D eigenvalue weighted by Crippen LogP contribution is -2.14. The second kappa shape index (κ2) is 8.52. The van der Waals surface area contributed by atoms with Crippen molar-refractivity contribution in [2.75, 3.05) is 10.6 Å². The molecule has 0 saturated heterocycles. The second-order valence-electron chi connectivity index (χ2n) is 6.13. The molecule has 2 amide bonds. The quantitative estimate of drug-likeness (QED) is 0.420. The fraction of sp³-hybridized carbons (Fsp3) is 0. The predicted octanol–water partition coefficient (Wildman–Crippen LogP) is 5.65. The Labute approximate surface area is 178 Å². The van der Waals surface area contributed by atoms with Gasteiger partial charge in [0.15, 0.2) is 16.8 Å². The molecule has 150 valence electrons. The Morgan fingerprint density at radius 2 is 1.73 bits per heavy atom. The average molecular weight is 441 g/mol. The fourth-order valence-electron chi connectivity index (χ4n) is 2.63. The number of aromatic nitrogens is 1. The lowest BCUT2D eigenvalue weighted by atomic mass is 10.1. The van der Waals surface area contributed by atoms with E-state index in [0.717, 1.165) is 23.5 Å². The average Bonchev–Trinajstić information content (AvgIpc) is 3.43. The molecule has 0 aliphatic rings. The molecule has 5 nitrogen and oxygen atoms in total. The van der Waals surface area contributed by atoms with Crippen molar-refractivity contribution in [2.24, 2.45) is 0 Å². The summed E-state index contributed by atoms with van der Waals surface area (Å²) in [5.41, 5.74) is 1.65. The van der Waals surface area contributed by atoms with Gasteiger partial charge in [0.25, 0.3) is 11.8 Å². The maximum Gasteiger partial charge on any atom is 0.265 e. The van der Waals surface area contributed by atoms with E-state index in [1.54, 1.807) is 47.2 Å². The molecular weight excluding hydrogens is 428 g/mol. The van der Waals surface area contributed by atoms with Crippen LogP contribution in [-0.4, -0.2) is 16.8 Å². The van der Waals surface area contributed by atoms with Gasteiger partial charge in [-0.2, -0.15) is 0 Å². The molecule has 2 aromatic carbocycles. The highest BCUT2D eigenvalue weighted by Crippen LogP contribution is 2.26. The molecule has 2 N–H and O–H groups in total. The van der Waals surface area contributed by atoms with Gasteiger partial charge in [-0.3, -0.25) is 14.9 Å². The van der Waals surface area contributed by atoms with Crippen LogP contribution < -0.4 is 10.6 Å². The Kier molecular flexibility index (Phi) is 5.64. The number of hydrogen-bond acceptors (Lipinski definition) is 5. The van der Waals surface area contributed by atoms with Crippen LogP contribution >= 0.6 is 22.7 Å². The van der Waals surface area contributed by atoms with Crippen LogP contribution in [0.2, 0.25) is 0 Å². The van der Waals surface area contributed by atoms with Crippen molar-refractivity contribution in [3.63, 3.8) is 0 Å². The van der Waals surface area contributed by atoms with Crippen LogP contribution in [0.25, 0.3) is 11.3 Å². The van der Waals surface area contributed by atoms with Crippen molar-refractivity contribution in [1.82, 2.24) is 4.98 Å². The van der Waals surface area contributed by atoms with Crippen molar-refractivity contribution in [2.45, 2.75) is 0 Å². The maximum atomic E-state index is 13.4. The number of nitrogens with one attached hydrogen (secondary N) is 2. The number of amides is 2. The van der Waals surface area contributed by atoms with E-state index in [1.807, 2.05) is 0 Å². The molecular formula is C21H13F2N3O2S2. The van der Waals surface area contributed by atoms with Crippen LogP contribution in [0.15, 0.2) is 65.4 Å². The van der Waals surface area contributed by atoms with Crippen LogP contribution in [0.4, 0.5) is 19.6 Å². The summed E-state index contributed by atoms with van der Waals surface area (Å²) in [4.78, 5) is 29.5. The number of thiazole rings is 1. The van der Waals surface area contributed by atoms with E-state index >= 15 is 0 Å². The van der Waals surface area contributed by atoms with Gasteiger partial charge >= 0.3 is 0 Å². The number of halogens is 2. The minimum Gasteiger partial charge on any atom is -0.321 e. The molecule has 0 fully saturated rings. The SMILES string of the molecule is O=C(Nc1nc(-c2ccc(F)c(F)c2)cs1)c1cccc(NC(=O)c2cccs2)c1. The van der Waals surface area contributed by atoms with Gasteiger partial charge in [0.1, 0.15) is 0 Å². The predicted molar refractivity (Wildman–Crippen MR) is 114 cm³/mol. The molecule has 0 aliphatic heterocycles. The summed E-state index contributed by atoms with van der Waals surface area (Å²) in [5, 5.41) is 9.18. The number of hydrogen-bond donors (Lipinski definition) is 2. The first kappa shape index (κ1) is 19.9. The number of nitrogens with zero attached hydrogens (tertiary/aromatic N) is 1. The smallest absolute Gasteiger partial charge is 0.265 e. The molecule has 0 bridgehead atoms. The summed E-state index contributed by atoms with van der Waals surface area (Å²) in [6.45, 7) is 0. The topological polar surface area (TPSA) is 71.1 Å². The number of benzene rings is 2. The summed E-state index contributed by atoms with van der Waals surface area (Å²) >= 11 is 2.49. The monoisotopic (exact) mass is 441 g/mol. The van der Waals surface area contributed by atoms with Gasteiger partial charge in [0, 0.05) is 22.2 Å². The van der Waals surface area contributed by atoms with Gasteiger partial charge in [-0.25, -0.2) is 13.8 Å². The number of anilines is 2. The zero-order valence-corrected chi connectivity index (χ0v) is 16.8. The second-order valence-corrected chi connectivity index (χ2v) is 7.94. The Balaban J connectivity index is 1.46. The molecule has 0 aliphatic carbocycles. The van der Waals surface area contributed by atoms with Crippen LogP contribution in [-0.2, 0) is 0 Å². The number of rotatable bonds is 5. The molecule has 0 saturated carbocycles. The van der Waals surface area contributed by atoms with Gasteiger partial charge < -0.3 is 5.32 Å². The van der Waals surface area contributed by atoms with Crippen LogP contribution in [0.1, 0.15) is 20.0 Å². The molecule has 0 spiro atoms. The zero-order chi connectivity index (χ0) is 21.1. The molecule has 0 atom stereocenters. The van der Waals surface area contributed by atoms with E-state index in [1.165, 1.54) is 17.4 Å². The third-order valence-electron chi connectivity index (χ3n) is 4.07. The summed E-state index contributed by atoms with van der Waals surface area (Å²) < 4.78 is 26.5. The van der Waals surface area contributed by atoms with Gasteiger partial charge in [-0.1, -0.05) is 12.1 Å². The number of carbonyl (C=O) groups is 2. The van der Waals surface area contributed by atoms with Gasteiger partial charge in [-0.05, 0) is 47.8 Å². The van der Waals surface area contributed by atoms with Crippen LogP contribution in [0.5, 0.6) is 0 Å². The van der Waals surface area contributed by atoms with E-state index < -0.39 is 17.5 Å². The molecule has 30 heavy (non-hydrogen) atoms. The first-order valence-electron chi connectivity index (χ1n) is 8.67. The van der Waals surface area contributed by atoms with E-state index in [0.29, 0.717) is 32.5 Å². The van der Waals surface area contributed by atoms with Crippen molar-refractivity contribution < 1.29 is 18.4 Å². The Hall–Kier alpha value is -3.43. The van der Waals surface area contributed by atoms with Gasteiger partial charge in [0.2, 0.25) is 0 Å². The highest BCUT2D eigenvalue weighted by molar-refractivity contribution is 7.14. The van der Waals surface area contributed by atoms with Crippen molar-refractivity contribution in [3.8, 4) is 11.3 Å². The highest BCUT2D eigenvalue weighted by Gasteiger charge is 2.13. The normalized spacial score (nSPS) is 10.6. The zero-order valence-electron chi connectivity index (χ0n) is 15.2. The van der Waals surface area contributed by atoms with Crippen molar-refractivity contribution in [3.05, 3.63) is 87.4 Å². The molecule has 0 unspecified atom stereocenters. The first-order chi connectivity index (χ1) is 14.5. The molecule has 4 rings (SSSR count). The van der Waals surface area contributed by atoms with E-state index in [2.05, 4.69) is 15.6 Å². The van der Waals surface area contributed by atoms with Gasteiger partial charge in [0.05, 0.1) is 10.6 Å². The van der Waals surface area contributed by atoms with Crippen molar-refractivity contribution in [1.29, 1.82) is 0 Å². The molecule has 9 heteroatoms.